The first-order valence-corrected chi connectivity index (χ1v) is 20.9. The van der Waals surface area contributed by atoms with E-state index in [1.807, 2.05) is 78.1 Å². The molecule has 0 amide bonds. The molecule has 280 valence electrons. The van der Waals surface area contributed by atoms with E-state index in [0.717, 1.165) is 50.1 Å². The topological polar surface area (TPSA) is 56.5 Å². The lowest BCUT2D eigenvalue weighted by Gasteiger charge is -2.11. The fourth-order valence-electron chi connectivity index (χ4n) is 8.50. The molecule has 60 heavy (non-hydrogen) atoms. The minimum atomic E-state index is 0.654. The fourth-order valence-corrected chi connectivity index (χ4v) is 9.56. The predicted molar refractivity (Wildman–Crippen MR) is 250 cm³/mol. The quantitative estimate of drug-likeness (QED) is 0.169. The molecular weight excluding hydrogens is 751 g/mol. The molecule has 0 unspecified atom stereocenters. The van der Waals surface area contributed by atoms with Crippen LogP contribution in [0.4, 0.5) is 0 Å². The summed E-state index contributed by atoms with van der Waals surface area (Å²) in [7, 11) is 0. The average Bonchev–Trinajstić information content (AvgIpc) is 3.86. The molecule has 12 aromatic rings. The Hall–Kier alpha value is -7.80. The predicted octanol–water partition coefficient (Wildman–Crippen LogP) is 14.2. The van der Waals surface area contributed by atoms with Crippen molar-refractivity contribution < 1.29 is 0 Å². The summed E-state index contributed by atoms with van der Waals surface area (Å²) < 4.78 is 4.85. The molecule has 0 aliphatic rings. The van der Waals surface area contributed by atoms with Crippen LogP contribution in [-0.4, -0.2) is 24.5 Å². The zero-order valence-electron chi connectivity index (χ0n) is 32.2. The van der Waals surface area contributed by atoms with Crippen molar-refractivity contribution in [2.45, 2.75) is 0 Å². The first-order chi connectivity index (χ1) is 29.7. The maximum atomic E-state index is 5.02. The molecule has 6 heteroatoms. The van der Waals surface area contributed by atoms with E-state index in [-0.39, 0.29) is 0 Å². The van der Waals surface area contributed by atoms with Crippen LogP contribution in [-0.2, 0) is 0 Å². The molecule has 0 bridgehead atoms. The van der Waals surface area contributed by atoms with Gasteiger partial charge in [-0.25, -0.2) is 19.9 Å². The highest BCUT2D eigenvalue weighted by Crippen LogP contribution is 2.40. The maximum Gasteiger partial charge on any atom is 0.164 e. The van der Waals surface area contributed by atoms with Gasteiger partial charge in [0.2, 0.25) is 0 Å². The summed E-state index contributed by atoms with van der Waals surface area (Å²) in [6.07, 6.45) is 0. The number of rotatable bonds is 6. The van der Waals surface area contributed by atoms with Gasteiger partial charge in [-0.3, -0.25) is 0 Å². The van der Waals surface area contributed by atoms with Crippen molar-refractivity contribution in [2.75, 3.05) is 0 Å². The lowest BCUT2D eigenvalue weighted by Crippen LogP contribution is -2.00. The highest BCUT2D eigenvalue weighted by atomic mass is 32.1. The van der Waals surface area contributed by atoms with Crippen molar-refractivity contribution in [3.8, 4) is 62.2 Å². The number of aromatic nitrogens is 5. The number of thiophene rings is 1. The van der Waals surface area contributed by atoms with Crippen LogP contribution in [0.3, 0.4) is 0 Å². The van der Waals surface area contributed by atoms with Gasteiger partial charge < -0.3 is 4.57 Å². The largest absolute Gasteiger partial charge is 0.309 e. The van der Waals surface area contributed by atoms with Gasteiger partial charge in [0.05, 0.1) is 22.2 Å². The first-order valence-electron chi connectivity index (χ1n) is 20.0. The van der Waals surface area contributed by atoms with E-state index in [9.17, 15) is 0 Å². The molecule has 12 rings (SSSR count). The van der Waals surface area contributed by atoms with Gasteiger partial charge in [-0.05, 0) is 83.9 Å². The average molecular weight is 784 g/mol. The molecular formula is C54H33N5S. The Morgan fingerprint density at radius 2 is 0.900 bits per heavy atom. The van der Waals surface area contributed by atoms with Crippen LogP contribution in [0.25, 0.3) is 115 Å². The summed E-state index contributed by atoms with van der Waals surface area (Å²) >= 11 is 1.81. The molecule has 0 N–H and O–H groups in total. The first kappa shape index (κ1) is 34.3. The van der Waals surface area contributed by atoms with Crippen molar-refractivity contribution >= 4 is 64.2 Å². The molecule has 4 heterocycles. The van der Waals surface area contributed by atoms with Gasteiger partial charge in [0.25, 0.3) is 0 Å². The van der Waals surface area contributed by atoms with E-state index in [2.05, 4.69) is 138 Å². The molecule has 0 aliphatic heterocycles. The molecule has 4 aromatic heterocycles. The SMILES string of the molecule is c1ccc(-c2nc(-c3ccccc3)nc(-c3ccc4sc5ccc(-c6ccc7c(c6)c6ccccc6n7-c6cccc(-c7ccc8ccccc8n7)c6)cc5c4c3)n2)cc1. The van der Waals surface area contributed by atoms with Gasteiger partial charge in [0.1, 0.15) is 0 Å². The van der Waals surface area contributed by atoms with Crippen LogP contribution < -0.4 is 0 Å². The molecule has 0 saturated carbocycles. The normalized spacial score (nSPS) is 11.7. The third kappa shape index (κ3) is 5.84. The van der Waals surface area contributed by atoms with E-state index in [4.69, 9.17) is 19.9 Å². The number of fused-ring (bicyclic) bond motifs is 7. The molecule has 8 aromatic carbocycles. The van der Waals surface area contributed by atoms with E-state index < -0.39 is 0 Å². The van der Waals surface area contributed by atoms with Gasteiger partial charge >= 0.3 is 0 Å². The number of para-hydroxylation sites is 2. The summed E-state index contributed by atoms with van der Waals surface area (Å²) in [6, 6.07) is 70.6. The van der Waals surface area contributed by atoms with Crippen LogP contribution in [0, 0.1) is 0 Å². The van der Waals surface area contributed by atoms with Crippen LogP contribution in [0.2, 0.25) is 0 Å². The Bertz CT molecular complexity index is 3550. The molecule has 0 radical (unpaired) electrons. The van der Waals surface area contributed by atoms with E-state index >= 15 is 0 Å². The highest BCUT2D eigenvalue weighted by Gasteiger charge is 2.17. The summed E-state index contributed by atoms with van der Waals surface area (Å²) in [5.41, 5.74) is 11.7. The Morgan fingerprint density at radius 1 is 0.333 bits per heavy atom. The molecule has 0 fully saturated rings. The molecule has 5 nitrogen and oxygen atoms in total. The maximum absolute atomic E-state index is 5.02. The highest BCUT2D eigenvalue weighted by molar-refractivity contribution is 7.25. The smallest absolute Gasteiger partial charge is 0.164 e. The molecule has 0 saturated heterocycles. The number of hydrogen-bond acceptors (Lipinski definition) is 5. The summed E-state index contributed by atoms with van der Waals surface area (Å²) in [4.78, 5) is 20.0. The molecule has 0 atom stereocenters. The summed E-state index contributed by atoms with van der Waals surface area (Å²) in [5, 5.41) is 5.99. The second kappa shape index (κ2) is 13.9. The van der Waals surface area contributed by atoms with Gasteiger partial charge in [-0.15, -0.1) is 11.3 Å². The minimum absolute atomic E-state index is 0.654. The Morgan fingerprint density at radius 3 is 1.65 bits per heavy atom. The zero-order chi connectivity index (χ0) is 39.6. The van der Waals surface area contributed by atoms with Crippen molar-refractivity contribution in [2.24, 2.45) is 0 Å². The van der Waals surface area contributed by atoms with Crippen molar-refractivity contribution in [3.63, 3.8) is 0 Å². The number of pyridine rings is 1. The molecule has 0 aliphatic carbocycles. The van der Waals surface area contributed by atoms with E-state index in [0.29, 0.717) is 17.5 Å². The Kier molecular flexibility index (Phi) is 7.96. The van der Waals surface area contributed by atoms with Gasteiger partial charge in [0, 0.05) is 64.3 Å². The lowest BCUT2D eigenvalue weighted by molar-refractivity contribution is 1.07. The van der Waals surface area contributed by atoms with E-state index in [1.165, 1.54) is 47.6 Å². The van der Waals surface area contributed by atoms with Crippen LogP contribution in [0.15, 0.2) is 200 Å². The second-order valence-electron chi connectivity index (χ2n) is 15.1. The molecule has 0 spiro atoms. The number of nitrogens with zero attached hydrogens (tertiary/aromatic N) is 5. The lowest BCUT2D eigenvalue weighted by atomic mass is 10.00. The van der Waals surface area contributed by atoms with Crippen molar-refractivity contribution in [3.05, 3.63) is 200 Å². The van der Waals surface area contributed by atoms with Crippen molar-refractivity contribution in [1.82, 2.24) is 24.5 Å². The second-order valence-corrected chi connectivity index (χ2v) is 16.2. The Labute approximate surface area is 349 Å². The van der Waals surface area contributed by atoms with Gasteiger partial charge in [0.15, 0.2) is 17.5 Å². The van der Waals surface area contributed by atoms with Crippen molar-refractivity contribution in [1.29, 1.82) is 0 Å². The Balaban J connectivity index is 0.957. The van der Waals surface area contributed by atoms with Crippen LogP contribution in [0.1, 0.15) is 0 Å². The van der Waals surface area contributed by atoms with Gasteiger partial charge in [-0.1, -0.05) is 127 Å². The van der Waals surface area contributed by atoms with E-state index in [1.54, 1.807) is 0 Å². The fraction of sp³-hybridized carbons (Fsp3) is 0. The van der Waals surface area contributed by atoms with Crippen LogP contribution in [0.5, 0.6) is 0 Å². The van der Waals surface area contributed by atoms with Gasteiger partial charge in [-0.2, -0.15) is 0 Å². The number of hydrogen-bond donors (Lipinski definition) is 0. The number of benzene rings is 8. The van der Waals surface area contributed by atoms with Crippen LogP contribution >= 0.6 is 11.3 Å². The summed E-state index contributed by atoms with van der Waals surface area (Å²) in [6.45, 7) is 0. The standard InChI is InChI=1S/C54H33N5S/c1-3-13-35(14-4-1)52-56-53(36-15-5-2-6-16-36)58-54(57-52)40-25-29-51-45(33-40)44-32-38(24-28-50(44)60-51)37-23-27-49-43(31-37)42-19-8-10-21-48(42)59(49)41-18-11-17-39(30-41)47-26-22-34-12-7-9-20-46(34)55-47/h1-33H. The minimum Gasteiger partial charge on any atom is -0.309 e. The third-order valence-corrected chi connectivity index (χ3v) is 12.6. The third-order valence-electron chi connectivity index (χ3n) is 11.4. The summed E-state index contributed by atoms with van der Waals surface area (Å²) in [5.74, 6) is 1.97. The zero-order valence-corrected chi connectivity index (χ0v) is 33.0. The monoisotopic (exact) mass is 783 g/mol.